The first kappa shape index (κ1) is 18.9. The van der Waals surface area contributed by atoms with Crippen LogP contribution in [0.2, 0.25) is 0 Å². The zero-order chi connectivity index (χ0) is 19.6. The molecule has 2 aromatic carbocycles. The van der Waals surface area contributed by atoms with Crippen LogP contribution in [0.4, 0.5) is 21.5 Å². The maximum atomic E-state index is 13.3. The molecule has 142 valence electrons. The molecule has 27 heavy (non-hydrogen) atoms. The number of likely N-dealkylation sites (N-methyl/N-ethyl adjacent to an activating group) is 1. The molecule has 0 bridgehead atoms. The highest BCUT2D eigenvalue weighted by molar-refractivity contribution is 6.31. The molecule has 0 aliphatic carbocycles. The number of anilines is 3. The third kappa shape index (κ3) is 4.46. The Morgan fingerprint density at radius 1 is 1.22 bits per heavy atom. The highest BCUT2D eigenvalue weighted by atomic mass is 19.1. The molecule has 1 amide bonds. The summed E-state index contributed by atoms with van der Waals surface area (Å²) in [6.45, 7) is 5.14. The van der Waals surface area contributed by atoms with Crippen LogP contribution in [0.1, 0.15) is 18.1 Å². The Hall–Kier alpha value is -2.86. The molecule has 0 saturated heterocycles. The van der Waals surface area contributed by atoms with Gasteiger partial charge in [-0.3, -0.25) is 4.79 Å². The van der Waals surface area contributed by atoms with Gasteiger partial charge in [0.15, 0.2) is 0 Å². The van der Waals surface area contributed by atoms with E-state index in [2.05, 4.69) is 41.9 Å². The molecule has 1 aliphatic heterocycles. The zero-order valence-corrected chi connectivity index (χ0v) is 16.1. The summed E-state index contributed by atoms with van der Waals surface area (Å²) >= 11 is 0. The lowest BCUT2D eigenvalue weighted by molar-refractivity contribution is -0.110. The van der Waals surface area contributed by atoms with Gasteiger partial charge in [-0.1, -0.05) is 0 Å². The first-order valence-electron chi connectivity index (χ1n) is 8.93. The molecule has 3 N–H and O–H groups in total. The normalized spacial score (nSPS) is 15.6. The van der Waals surface area contributed by atoms with E-state index in [0.717, 1.165) is 23.5 Å². The summed E-state index contributed by atoms with van der Waals surface area (Å²) in [5.74, 6) is -0.610. The number of nitrogens with zero attached hydrogens (tertiary/aromatic N) is 1. The molecule has 0 saturated carbocycles. The van der Waals surface area contributed by atoms with E-state index < -0.39 is 0 Å². The molecule has 0 radical (unpaired) electrons. The molecule has 0 spiro atoms. The second-order valence-electron chi connectivity index (χ2n) is 7.18. The number of carbonyl (C=O) groups is 1. The summed E-state index contributed by atoms with van der Waals surface area (Å²) in [4.78, 5) is 14.3. The number of amides is 1. The Labute approximate surface area is 159 Å². The lowest BCUT2D eigenvalue weighted by atomic mass is 10.1. The summed E-state index contributed by atoms with van der Waals surface area (Å²) < 4.78 is 13.3. The van der Waals surface area contributed by atoms with E-state index in [-0.39, 0.29) is 11.7 Å². The Kier molecular flexibility index (Phi) is 5.46. The number of rotatable bonds is 6. The third-order valence-electron chi connectivity index (χ3n) is 4.42. The smallest absolute Gasteiger partial charge is 0.257 e. The summed E-state index contributed by atoms with van der Waals surface area (Å²) in [6, 6.07) is 10.6. The summed E-state index contributed by atoms with van der Waals surface area (Å²) in [5.41, 5.74) is 4.77. The number of hydrogen-bond donors (Lipinski definition) is 3. The van der Waals surface area contributed by atoms with E-state index >= 15 is 0 Å². The molecule has 0 fully saturated rings. The lowest BCUT2D eigenvalue weighted by Gasteiger charge is -2.21. The SMILES string of the molecule is Cc1cc(NC=C2C(=O)Nc3cc(F)ccc32)ccc1NC(C)CN(C)C. The molecular weight excluding hydrogens is 343 g/mol. The van der Waals surface area contributed by atoms with Crippen LogP contribution >= 0.6 is 0 Å². The standard InChI is InChI=1S/C21H25FN4O/c1-13-9-16(6-8-19(13)24-14(2)12-26(3)4)23-11-18-17-7-5-15(22)10-20(17)25-21(18)27/h5-11,14,23-24H,12H2,1-4H3,(H,25,27). The molecule has 3 rings (SSSR count). The summed E-state index contributed by atoms with van der Waals surface area (Å²) in [5, 5.41) is 9.36. The third-order valence-corrected chi connectivity index (χ3v) is 4.42. The number of halogens is 1. The minimum Gasteiger partial charge on any atom is -0.381 e. The van der Waals surface area contributed by atoms with Crippen molar-refractivity contribution < 1.29 is 9.18 Å². The van der Waals surface area contributed by atoms with Crippen molar-refractivity contribution in [3.63, 3.8) is 0 Å². The van der Waals surface area contributed by atoms with Gasteiger partial charge in [0.05, 0.1) is 11.3 Å². The Bertz CT molecular complexity index is 892. The van der Waals surface area contributed by atoms with Gasteiger partial charge >= 0.3 is 0 Å². The van der Waals surface area contributed by atoms with Gasteiger partial charge < -0.3 is 20.9 Å². The second-order valence-corrected chi connectivity index (χ2v) is 7.18. The van der Waals surface area contributed by atoms with Gasteiger partial charge in [0, 0.05) is 35.7 Å². The predicted molar refractivity (Wildman–Crippen MR) is 109 cm³/mol. The molecule has 6 heteroatoms. The largest absolute Gasteiger partial charge is 0.381 e. The van der Waals surface area contributed by atoms with Crippen molar-refractivity contribution in [2.75, 3.05) is 36.6 Å². The predicted octanol–water partition coefficient (Wildman–Crippen LogP) is 3.90. The Balaban J connectivity index is 1.73. The molecule has 2 aromatic rings. The average molecular weight is 368 g/mol. The fourth-order valence-electron chi connectivity index (χ4n) is 3.24. The second kappa shape index (κ2) is 7.80. The van der Waals surface area contributed by atoms with E-state index in [0.29, 0.717) is 22.9 Å². The van der Waals surface area contributed by atoms with Gasteiger partial charge in [-0.2, -0.15) is 0 Å². The van der Waals surface area contributed by atoms with Crippen molar-refractivity contribution in [3.8, 4) is 0 Å². The molecular formula is C21H25FN4O. The van der Waals surface area contributed by atoms with Crippen LogP contribution in [0, 0.1) is 12.7 Å². The monoisotopic (exact) mass is 368 g/mol. The number of fused-ring (bicyclic) bond motifs is 1. The number of hydrogen-bond acceptors (Lipinski definition) is 4. The fourth-order valence-corrected chi connectivity index (χ4v) is 3.24. The average Bonchev–Trinajstić information content (AvgIpc) is 2.88. The molecule has 1 unspecified atom stereocenters. The molecule has 1 heterocycles. The molecule has 1 atom stereocenters. The number of aryl methyl sites for hydroxylation is 1. The van der Waals surface area contributed by atoms with Gasteiger partial charge in [0.1, 0.15) is 5.82 Å². The van der Waals surface area contributed by atoms with Crippen LogP contribution in [-0.2, 0) is 4.79 Å². The van der Waals surface area contributed by atoms with Gasteiger partial charge in [-0.15, -0.1) is 0 Å². The highest BCUT2D eigenvalue weighted by Crippen LogP contribution is 2.32. The van der Waals surface area contributed by atoms with Crippen molar-refractivity contribution in [1.82, 2.24) is 4.90 Å². The van der Waals surface area contributed by atoms with E-state index in [1.165, 1.54) is 12.1 Å². The van der Waals surface area contributed by atoms with Crippen molar-refractivity contribution in [2.45, 2.75) is 19.9 Å². The van der Waals surface area contributed by atoms with Gasteiger partial charge in [-0.05, 0) is 69.9 Å². The van der Waals surface area contributed by atoms with Crippen LogP contribution in [0.3, 0.4) is 0 Å². The van der Waals surface area contributed by atoms with E-state index in [9.17, 15) is 9.18 Å². The van der Waals surface area contributed by atoms with Crippen molar-refractivity contribution in [3.05, 3.63) is 59.5 Å². The maximum Gasteiger partial charge on any atom is 0.257 e. The molecule has 1 aliphatic rings. The van der Waals surface area contributed by atoms with Crippen LogP contribution in [0.5, 0.6) is 0 Å². The minimum absolute atomic E-state index is 0.240. The van der Waals surface area contributed by atoms with Gasteiger partial charge in [0.25, 0.3) is 5.91 Å². The first-order valence-corrected chi connectivity index (χ1v) is 8.93. The van der Waals surface area contributed by atoms with Crippen LogP contribution < -0.4 is 16.0 Å². The van der Waals surface area contributed by atoms with E-state index in [1.807, 2.05) is 25.1 Å². The lowest BCUT2D eigenvalue weighted by Crippen LogP contribution is -2.29. The van der Waals surface area contributed by atoms with Crippen LogP contribution in [-0.4, -0.2) is 37.5 Å². The number of nitrogens with one attached hydrogen (secondary N) is 3. The van der Waals surface area contributed by atoms with Crippen molar-refractivity contribution in [2.24, 2.45) is 0 Å². The maximum absolute atomic E-state index is 13.3. The van der Waals surface area contributed by atoms with E-state index in [1.54, 1.807) is 12.3 Å². The quantitative estimate of drug-likeness (QED) is 0.677. The first-order chi connectivity index (χ1) is 12.8. The fraction of sp³-hybridized carbons (Fsp3) is 0.286. The topological polar surface area (TPSA) is 56.4 Å². The summed E-state index contributed by atoms with van der Waals surface area (Å²) in [7, 11) is 4.11. The zero-order valence-electron chi connectivity index (χ0n) is 16.1. The minimum atomic E-state index is -0.370. The molecule has 0 aromatic heterocycles. The number of benzene rings is 2. The Morgan fingerprint density at radius 2 is 2.00 bits per heavy atom. The van der Waals surface area contributed by atoms with E-state index in [4.69, 9.17) is 0 Å². The van der Waals surface area contributed by atoms with Gasteiger partial charge in [0.2, 0.25) is 0 Å². The summed E-state index contributed by atoms with van der Waals surface area (Å²) in [6.07, 6.45) is 1.66. The van der Waals surface area contributed by atoms with Crippen molar-refractivity contribution >= 4 is 28.5 Å². The highest BCUT2D eigenvalue weighted by Gasteiger charge is 2.24. The van der Waals surface area contributed by atoms with Crippen LogP contribution in [0.15, 0.2) is 42.6 Å². The van der Waals surface area contributed by atoms with Crippen LogP contribution in [0.25, 0.3) is 5.57 Å². The number of carbonyl (C=O) groups excluding carboxylic acids is 1. The Morgan fingerprint density at radius 3 is 2.70 bits per heavy atom. The van der Waals surface area contributed by atoms with Crippen molar-refractivity contribution in [1.29, 1.82) is 0 Å². The van der Waals surface area contributed by atoms with Gasteiger partial charge in [-0.25, -0.2) is 4.39 Å². The molecule has 5 nitrogen and oxygen atoms in total.